The van der Waals surface area contributed by atoms with Gasteiger partial charge in [0.1, 0.15) is 0 Å². The van der Waals surface area contributed by atoms with E-state index in [1.54, 1.807) is 31.2 Å². The van der Waals surface area contributed by atoms with E-state index >= 15 is 0 Å². The van der Waals surface area contributed by atoms with E-state index in [2.05, 4.69) is 0 Å². The molecule has 2 aromatic rings. The van der Waals surface area contributed by atoms with E-state index < -0.39 is 15.1 Å². The Morgan fingerprint density at radius 2 is 1.65 bits per heavy atom. The summed E-state index contributed by atoms with van der Waals surface area (Å²) < 4.78 is 24.8. The molecule has 4 heteroatoms. The standard InChI is InChI=1S/C16H15NO2S/c1-13(16-5-3-2-4-6-16)20(18,19)12-15-9-7-14(11-17)8-10-15/h2-10,13H,12H2,1H3. The average molecular weight is 285 g/mol. The Morgan fingerprint density at radius 1 is 1.05 bits per heavy atom. The van der Waals surface area contributed by atoms with Gasteiger partial charge < -0.3 is 0 Å². The number of nitriles is 1. The highest BCUT2D eigenvalue weighted by Gasteiger charge is 2.22. The Balaban J connectivity index is 2.20. The molecule has 0 aliphatic rings. The van der Waals surface area contributed by atoms with Crippen molar-refractivity contribution in [1.29, 1.82) is 5.26 Å². The lowest BCUT2D eigenvalue weighted by Crippen LogP contribution is -2.12. The van der Waals surface area contributed by atoms with Gasteiger partial charge in [-0.3, -0.25) is 0 Å². The van der Waals surface area contributed by atoms with Crippen molar-refractivity contribution >= 4 is 9.84 Å². The molecule has 1 atom stereocenters. The van der Waals surface area contributed by atoms with E-state index in [0.29, 0.717) is 11.1 Å². The van der Waals surface area contributed by atoms with Crippen LogP contribution in [0.3, 0.4) is 0 Å². The van der Waals surface area contributed by atoms with Crippen LogP contribution in [0.1, 0.15) is 28.9 Å². The first-order valence-electron chi connectivity index (χ1n) is 6.28. The number of hydrogen-bond acceptors (Lipinski definition) is 3. The third kappa shape index (κ3) is 3.25. The summed E-state index contributed by atoms with van der Waals surface area (Å²) in [6, 6.07) is 17.8. The maximum Gasteiger partial charge on any atom is 0.161 e. The molecule has 0 aliphatic heterocycles. The normalized spacial score (nSPS) is 12.6. The van der Waals surface area contributed by atoms with Gasteiger partial charge in [-0.1, -0.05) is 42.5 Å². The first-order chi connectivity index (χ1) is 9.53. The second-order valence-electron chi connectivity index (χ2n) is 4.67. The van der Waals surface area contributed by atoms with Gasteiger partial charge in [0.05, 0.1) is 22.6 Å². The number of rotatable bonds is 4. The SMILES string of the molecule is CC(c1ccccc1)S(=O)(=O)Cc1ccc(C#N)cc1. The number of nitrogens with zero attached hydrogens (tertiary/aromatic N) is 1. The number of benzene rings is 2. The van der Waals surface area contributed by atoms with Crippen LogP contribution in [0.2, 0.25) is 0 Å². The van der Waals surface area contributed by atoms with Gasteiger partial charge in [0, 0.05) is 0 Å². The van der Waals surface area contributed by atoms with Crippen LogP contribution in [0.25, 0.3) is 0 Å². The third-order valence-electron chi connectivity index (χ3n) is 3.26. The van der Waals surface area contributed by atoms with Crippen LogP contribution in [-0.4, -0.2) is 8.42 Å². The van der Waals surface area contributed by atoms with Crippen LogP contribution in [0.15, 0.2) is 54.6 Å². The van der Waals surface area contributed by atoms with E-state index in [-0.39, 0.29) is 5.75 Å². The van der Waals surface area contributed by atoms with Gasteiger partial charge in [-0.2, -0.15) is 5.26 Å². The van der Waals surface area contributed by atoms with Gasteiger partial charge in [-0.15, -0.1) is 0 Å². The average Bonchev–Trinajstić information content (AvgIpc) is 2.48. The van der Waals surface area contributed by atoms with Gasteiger partial charge in [-0.25, -0.2) is 8.42 Å². The fraction of sp³-hybridized carbons (Fsp3) is 0.188. The van der Waals surface area contributed by atoms with Crippen molar-refractivity contribution in [2.45, 2.75) is 17.9 Å². The lowest BCUT2D eigenvalue weighted by Gasteiger charge is -2.13. The minimum Gasteiger partial charge on any atom is -0.228 e. The van der Waals surface area contributed by atoms with Crippen LogP contribution >= 0.6 is 0 Å². The zero-order valence-electron chi connectivity index (χ0n) is 11.2. The molecule has 102 valence electrons. The van der Waals surface area contributed by atoms with Crippen molar-refractivity contribution in [2.75, 3.05) is 0 Å². The summed E-state index contributed by atoms with van der Waals surface area (Å²) >= 11 is 0. The first kappa shape index (κ1) is 14.3. The number of sulfone groups is 1. The Labute approximate surface area is 119 Å². The summed E-state index contributed by atoms with van der Waals surface area (Å²) in [5.41, 5.74) is 2.02. The molecule has 0 amide bonds. The maximum absolute atomic E-state index is 12.4. The first-order valence-corrected chi connectivity index (χ1v) is 8.00. The second-order valence-corrected chi connectivity index (χ2v) is 6.99. The van der Waals surface area contributed by atoms with Crippen LogP contribution in [0, 0.1) is 11.3 Å². The predicted molar refractivity (Wildman–Crippen MR) is 78.6 cm³/mol. The molecule has 0 saturated carbocycles. The molecule has 0 aliphatic carbocycles. The minimum absolute atomic E-state index is 0.0191. The van der Waals surface area contributed by atoms with Crippen LogP contribution in [0.4, 0.5) is 0 Å². The van der Waals surface area contributed by atoms with Crippen molar-refractivity contribution in [3.63, 3.8) is 0 Å². The lowest BCUT2D eigenvalue weighted by atomic mass is 10.2. The molecule has 2 rings (SSSR count). The molecule has 2 aromatic carbocycles. The Bertz CT molecular complexity index is 713. The fourth-order valence-electron chi connectivity index (χ4n) is 1.96. The molecule has 0 radical (unpaired) electrons. The number of hydrogen-bond donors (Lipinski definition) is 0. The van der Waals surface area contributed by atoms with Crippen molar-refractivity contribution in [3.05, 3.63) is 71.3 Å². The van der Waals surface area contributed by atoms with Gasteiger partial charge >= 0.3 is 0 Å². The highest BCUT2D eigenvalue weighted by atomic mass is 32.2. The largest absolute Gasteiger partial charge is 0.228 e. The van der Waals surface area contributed by atoms with E-state index in [4.69, 9.17) is 5.26 Å². The molecule has 0 aromatic heterocycles. The van der Waals surface area contributed by atoms with Gasteiger partial charge in [0.2, 0.25) is 0 Å². The molecule has 0 N–H and O–H groups in total. The monoisotopic (exact) mass is 285 g/mol. The van der Waals surface area contributed by atoms with E-state index in [9.17, 15) is 8.42 Å². The quantitative estimate of drug-likeness (QED) is 0.866. The topological polar surface area (TPSA) is 57.9 Å². The summed E-state index contributed by atoms with van der Waals surface area (Å²) in [5.74, 6) is -0.0191. The molecule has 0 saturated heterocycles. The van der Waals surface area contributed by atoms with Gasteiger partial charge in [-0.05, 0) is 30.2 Å². The Hall–Kier alpha value is -2.12. The van der Waals surface area contributed by atoms with Crippen molar-refractivity contribution in [1.82, 2.24) is 0 Å². The van der Waals surface area contributed by atoms with E-state index in [1.165, 1.54) is 0 Å². The smallest absolute Gasteiger partial charge is 0.161 e. The van der Waals surface area contributed by atoms with Crippen LogP contribution in [-0.2, 0) is 15.6 Å². The summed E-state index contributed by atoms with van der Waals surface area (Å²) in [4.78, 5) is 0. The predicted octanol–water partition coefficient (Wildman–Crippen LogP) is 3.23. The molecule has 1 unspecified atom stereocenters. The highest BCUT2D eigenvalue weighted by molar-refractivity contribution is 7.90. The van der Waals surface area contributed by atoms with Crippen molar-refractivity contribution in [3.8, 4) is 6.07 Å². The van der Waals surface area contributed by atoms with E-state index in [1.807, 2.05) is 36.4 Å². The summed E-state index contributed by atoms with van der Waals surface area (Å²) in [6.45, 7) is 1.70. The summed E-state index contributed by atoms with van der Waals surface area (Å²) in [6.07, 6.45) is 0. The molecule has 20 heavy (non-hydrogen) atoms. The highest BCUT2D eigenvalue weighted by Crippen LogP contribution is 2.25. The molecule has 0 spiro atoms. The fourth-order valence-corrected chi connectivity index (χ4v) is 3.44. The van der Waals surface area contributed by atoms with Crippen LogP contribution in [0.5, 0.6) is 0 Å². The summed E-state index contributed by atoms with van der Waals surface area (Å²) in [7, 11) is -3.27. The molecule has 3 nitrogen and oxygen atoms in total. The third-order valence-corrected chi connectivity index (χ3v) is 5.34. The second kappa shape index (κ2) is 5.89. The van der Waals surface area contributed by atoms with E-state index in [0.717, 1.165) is 5.56 Å². The summed E-state index contributed by atoms with van der Waals surface area (Å²) in [5, 5.41) is 8.19. The zero-order valence-corrected chi connectivity index (χ0v) is 12.0. The van der Waals surface area contributed by atoms with Crippen molar-refractivity contribution in [2.24, 2.45) is 0 Å². The van der Waals surface area contributed by atoms with Crippen molar-refractivity contribution < 1.29 is 8.42 Å². The van der Waals surface area contributed by atoms with Crippen LogP contribution < -0.4 is 0 Å². The molecule has 0 bridgehead atoms. The Kier molecular flexibility index (Phi) is 4.21. The zero-order chi connectivity index (χ0) is 14.6. The molecular weight excluding hydrogens is 270 g/mol. The van der Waals surface area contributed by atoms with Gasteiger partial charge in [0.15, 0.2) is 9.84 Å². The molecule has 0 heterocycles. The minimum atomic E-state index is -3.27. The maximum atomic E-state index is 12.4. The molecular formula is C16H15NO2S. The molecule has 0 fully saturated rings. The van der Waals surface area contributed by atoms with Gasteiger partial charge in [0.25, 0.3) is 0 Å². The Morgan fingerprint density at radius 3 is 2.20 bits per heavy atom. The lowest BCUT2D eigenvalue weighted by molar-refractivity contribution is 0.585.